The van der Waals surface area contributed by atoms with E-state index in [1.807, 2.05) is 0 Å². The minimum Gasteiger partial charge on any atom is -0.0742 e. The van der Waals surface area contributed by atoms with Gasteiger partial charge < -0.3 is 0 Å². The molecule has 0 aromatic heterocycles. The molecule has 0 radical (unpaired) electrons. The van der Waals surface area contributed by atoms with Crippen LogP contribution in [0.25, 0.3) is 11.1 Å². The maximum Gasteiger partial charge on any atom is 0.0420 e. The Morgan fingerprint density at radius 1 is 0.650 bits per heavy atom. The fraction of sp³-hybridized carbons (Fsp3) is 0.368. The maximum absolute atomic E-state index is 2.53. The molecule has 1 heteroatoms. The number of hydrogen-bond donors (Lipinski definition) is 0. The molecule has 20 heavy (non-hydrogen) atoms. The number of hydrogen-bond acceptors (Lipinski definition) is 0. The monoisotopic (exact) mass is 378 g/mol. The summed E-state index contributed by atoms with van der Waals surface area (Å²) >= 11 is 2.53. The first-order valence-electron chi connectivity index (χ1n) is 7.09. The van der Waals surface area contributed by atoms with E-state index in [1.165, 1.54) is 22.3 Å². The normalized spacial score (nSPS) is 12.5. The Hall–Kier alpha value is -0.830. The second-order valence-electron chi connectivity index (χ2n) is 6.81. The summed E-state index contributed by atoms with van der Waals surface area (Å²) in [6.45, 7) is 11.4. The smallest absolute Gasteiger partial charge is 0.0420 e. The summed E-state index contributed by atoms with van der Waals surface area (Å²) in [5.74, 6) is 0. The van der Waals surface area contributed by atoms with Gasteiger partial charge in [-0.2, -0.15) is 0 Å². The number of rotatable bonds is 2. The van der Waals surface area contributed by atoms with Gasteiger partial charge in [0.25, 0.3) is 0 Å². The molecular weight excluding hydrogens is 355 g/mol. The highest BCUT2D eigenvalue weighted by Crippen LogP contribution is 2.40. The molecule has 0 fully saturated rings. The van der Waals surface area contributed by atoms with Crippen LogP contribution in [-0.4, -0.2) is 0 Å². The van der Waals surface area contributed by atoms with E-state index in [4.69, 9.17) is 0 Å². The molecule has 2 aromatic carbocycles. The highest BCUT2D eigenvalue weighted by atomic mass is 127. The van der Waals surface area contributed by atoms with E-state index in [1.54, 1.807) is 0 Å². The van der Waals surface area contributed by atoms with E-state index >= 15 is 0 Å². The van der Waals surface area contributed by atoms with E-state index in [-0.39, 0.29) is 8.84 Å². The van der Waals surface area contributed by atoms with Crippen molar-refractivity contribution in [3.63, 3.8) is 0 Å². The molecule has 0 spiro atoms. The van der Waals surface area contributed by atoms with Crippen LogP contribution in [0.2, 0.25) is 0 Å². The molecular formula is C19H23I. The van der Waals surface area contributed by atoms with Crippen LogP contribution in [0.4, 0.5) is 0 Å². The standard InChI is InChI=1S/C19H23I/c1-18(2,3)16-12-8-6-10-14(16)15-11-7-9-13-17(15)19(4,5)20/h6-13H,1-5H3. The first-order valence-corrected chi connectivity index (χ1v) is 8.17. The zero-order valence-electron chi connectivity index (χ0n) is 13.0. The van der Waals surface area contributed by atoms with Gasteiger partial charge in [-0.25, -0.2) is 0 Å². The van der Waals surface area contributed by atoms with E-state index in [2.05, 4.69) is 106 Å². The lowest BCUT2D eigenvalue weighted by molar-refractivity contribution is 0.592. The van der Waals surface area contributed by atoms with Crippen LogP contribution in [0.3, 0.4) is 0 Å². The van der Waals surface area contributed by atoms with Gasteiger partial charge in [-0.3, -0.25) is 0 Å². The Morgan fingerprint density at radius 2 is 1.05 bits per heavy atom. The number of alkyl halides is 1. The molecule has 2 aromatic rings. The van der Waals surface area contributed by atoms with Crippen LogP contribution in [0.1, 0.15) is 45.7 Å². The predicted molar refractivity (Wildman–Crippen MR) is 97.6 cm³/mol. The summed E-state index contributed by atoms with van der Waals surface area (Å²) in [7, 11) is 0. The van der Waals surface area contributed by atoms with Crippen molar-refractivity contribution in [2.45, 2.75) is 43.5 Å². The Bertz CT molecular complexity index is 542. The molecule has 0 aliphatic carbocycles. The zero-order chi connectivity index (χ0) is 15.0. The first kappa shape index (κ1) is 15.6. The third-order valence-corrected chi connectivity index (χ3v) is 4.17. The van der Waals surface area contributed by atoms with E-state index in [0.717, 1.165) is 0 Å². The summed E-state index contributed by atoms with van der Waals surface area (Å²) in [6, 6.07) is 17.6. The summed E-state index contributed by atoms with van der Waals surface area (Å²) in [5, 5.41) is 0. The predicted octanol–water partition coefficient (Wildman–Crippen LogP) is 6.32. The second kappa shape index (κ2) is 5.51. The summed E-state index contributed by atoms with van der Waals surface area (Å²) in [6.07, 6.45) is 0. The average molecular weight is 378 g/mol. The van der Waals surface area contributed by atoms with Crippen LogP contribution in [0.15, 0.2) is 48.5 Å². The molecule has 0 amide bonds. The molecule has 2 rings (SSSR count). The number of benzene rings is 2. The number of halogens is 1. The average Bonchev–Trinajstić information content (AvgIpc) is 2.37. The van der Waals surface area contributed by atoms with Crippen molar-refractivity contribution in [3.05, 3.63) is 59.7 Å². The molecule has 0 bridgehead atoms. The Labute approximate surface area is 136 Å². The van der Waals surface area contributed by atoms with E-state index in [9.17, 15) is 0 Å². The first-order chi connectivity index (χ1) is 9.21. The van der Waals surface area contributed by atoms with Gasteiger partial charge in [-0.15, -0.1) is 0 Å². The van der Waals surface area contributed by atoms with Gasteiger partial charge in [0.05, 0.1) is 0 Å². The zero-order valence-corrected chi connectivity index (χ0v) is 15.2. The maximum atomic E-state index is 2.53. The fourth-order valence-corrected chi connectivity index (χ4v) is 3.08. The van der Waals surface area contributed by atoms with Crippen LogP contribution in [-0.2, 0) is 8.84 Å². The van der Waals surface area contributed by atoms with Gasteiger partial charge in [-0.05, 0) is 41.5 Å². The van der Waals surface area contributed by atoms with Gasteiger partial charge in [0.2, 0.25) is 0 Å². The molecule has 0 unspecified atom stereocenters. The SMILES string of the molecule is CC(C)(C)c1ccccc1-c1ccccc1C(C)(C)I. The van der Waals surface area contributed by atoms with Gasteiger partial charge in [0, 0.05) is 3.42 Å². The quantitative estimate of drug-likeness (QED) is 0.424. The van der Waals surface area contributed by atoms with Crippen LogP contribution in [0.5, 0.6) is 0 Å². The van der Waals surface area contributed by atoms with Crippen molar-refractivity contribution < 1.29 is 0 Å². The van der Waals surface area contributed by atoms with Crippen molar-refractivity contribution in [2.75, 3.05) is 0 Å². The molecule has 0 aliphatic heterocycles. The second-order valence-corrected chi connectivity index (χ2v) is 9.51. The van der Waals surface area contributed by atoms with Crippen LogP contribution in [0, 0.1) is 0 Å². The molecule has 0 nitrogen and oxygen atoms in total. The van der Waals surface area contributed by atoms with Crippen LogP contribution < -0.4 is 0 Å². The summed E-state index contributed by atoms with van der Waals surface area (Å²) in [4.78, 5) is 0. The molecule has 0 heterocycles. The van der Waals surface area contributed by atoms with Gasteiger partial charge in [0.1, 0.15) is 0 Å². The van der Waals surface area contributed by atoms with Crippen molar-refractivity contribution in [3.8, 4) is 11.1 Å². The molecule has 0 saturated carbocycles. The largest absolute Gasteiger partial charge is 0.0742 e. The Morgan fingerprint density at radius 3 is 1.50 bits per heavy atom. The molecule has 0 N–H and O–H groups in total. The van der Waals surface area contributed by atoms with Gasteiger partial charge in [0.15, 0.2) is 0 Å². The van der Waals surface area contributed by atoms with Crippen molar-refractivity contribution in [1.29, 1.82) is 0 Å². The lowest BCUT2D eigenvalue weighted by atomic mass is 9.80. The van der Waals surface area contributed by atoms with Crippen LogP contribution >= 0.6 is 22.6 Å². The topological polar surface area (TPSA) is 0 Å². The van der Waals surface area contributed by atoms with E-state index < -0.39 is 0 Å². The highest BCUT2D eigenvalue weighted by Gasteiger charge is 2.24. The van der Waals surface area contributed by atoms with Crippen molar-refractivity contribution in [1.82, 2.24) is 0 Å². The van der Waals surface area contributed by atoms with Gasteiger partial charge >= 0.3 is 0 Å². The molecule has 106 valence electrons. The highest BCUT2D eigenvalue weighted by molar-refractivity contribution is 14.1. The minimum absolute atomic E-state index is 0.124. The van der Waals surface area contributed by atoms with E-state index in [0.29, 0.717) is 0 Å². The molecule has 0 saturated heterocycles. The lowest BCUT2D eigenvalue weighted by Gasteiger charge is -2.27. The summed E-state index contributed by atoms with van der Waals surface area (Å²) in [5.41, 5.74) is 5.68. The van der Waals surface area contributed by atoms with Crippen molar-refractivity contribution in [2.24, 2.45) is 0 Å². The Balaban J connectivity index is 2.71. The van der Waals surface area contributed by atoms with Crippen molar-refractivity contribution >= 4 is 22.6 Å². The molecule has 0 atom stereocenters. The third kappa shape index (κ3) is 3.25. The Kier molecular flexibility index (Phi) is 4.29. The molecule has 0 aliphatic rings. The summed E-state index contributed by atoms with van der Waals surface area (Å²) < 4.78 is 0.124. The lowest BCUT2D eigenvalue weighted by Crippen LogP contribution is -2.14. The fourth-order valence-electron chi connectivity index (χ4n) is 2.61. The minimum atomic E-state index is 0.124. The van der Waals surface area contributed by atoms with Gasteiger partial charge in [-0.1, -0.05) is 91.9 Å². The third-order valence-electron chi connectivity index (χ3n) is 3.59.